The molecule has 0 aromatic heterocycles. The quantitative estimate of drug-likeness (QED) is 0.764. The van der Waals surface area contributed by atoms with Gasteiger partial charge in [0.2, 0.25) is 5.91 Å². The first-order chi connectivity index (χ1) is 10.6. The molecule has 0 spiro atoms. The summed E-state index contributed by atoms with van der Waals surface area (Å²) in [6.45, 7) is 5.25. The molecule has 0 radical (unpaired) electrons. The third kappa shape index (κ3) is 4.59. The van der Waals surface area contributed by atoms with Crippen LogP contribution in [-0.4, -0.2) is 35.0 Å². The first-order valence-electron chi connectivity index (χ1n) is 8.74. The van der Waals surface area contributed by atoms with E-state index in [1.165, 1.54) is 32.1 Å². The van der Waals surface area contributed by atoms with E-state index in [2.05, 4.69) is 6.58 Å². The number of rotatable bonds is 6. The second-order valence-electron chi connectivity index (χ2n) is 6.92. The maximum Gasteiger partial charge on any atom is 0.306 e. The second-order valence-corrected chi connectivity index (χ2v) is 6.92. The first-order valence-corrected chi connectivity index (χ1v) is 8.74. The third-order valence-corrected chi connectivity index (χ3v) is 5.29. The minimum atomic E-state index is -0.712. The van der Waals surface area contributed by atoms with Gasteiger partial charge in [0.1, 0.15) is 0 Å². The Morgan fingerprint density at radius 1 is 1.00 bits per heavy atom. The van der Waals surface area contributed by atoms with Gasteiger partial charge in [-0.05, 0) is 44.4 Å². The highest BCUT2D eigenvalue weighted by Gasteiger charge is 2.32. The number of hydrogen-bond donors (Lipinski definition) is 1. The maximum atomic E-state index is 12.8. The molecular weight excluding hydrogens is 278 g/mol. The predicted octanol–water partition coefficient (Wildman–Crippen LogP) is 3.47. The van der Waals surface area contributed by atoms with Crippen LogP contribution in [-0.2, 0) is 9.59 Å². The standard InChI is InChI=1S/C18H29NO3/c1-2-12-19(13-14-6-4-3-5-7-14)17(20)15-8-10-16(11-9-15)18(21)22/h2,14-16H,1,3-13H2,(H,21,22). The lowest BCUT2D eigenvalue weighted by Gasteiger charge is -2.33. The van der Waals surface area contributed by atoms with E-state index in [9.17, 15) is 9.59 Å². The molecule has 0 saturated heterocycles. The van der Waals surface area contributed by atoms with Crippen molar-refractivity contribution in [1.29, 1.82) is 0 Å². The van der Waals surface area contributed by atoms with Crippen molar-refractivity contribution in [2.24, 2.45) is 17.8 Å². The molecule has 0 aromatic rings. The molecule has 22 heavy (non-hydrogen) atoms. The lowest BCUT2D eigenvalue weighted by atomic mass is 9.81. The molecule has 2 aliphatic rings. The van der Waals surface area contributed by atoms with Crippen LogP contribution in [0.2, 0.25) is 0 Å². The Bertz CT molecular complexity index is 393. The van der Waals surface area contributed by atoms with Crippen LogP contribution in [0.4, 0.5) is 0 Å². The van der Waals surface area contributed by atoms with E-state index in [0.29, 0.717) is 38.1 Å². The summed E-state index contributed by atoms with van der Waals surface area (Å²) in [7, 11) is 0. The van der Waals surface area contributed by atoms with Gasteiger partial charge in [0.05, 0.1) is 5.92 Å². The van der Waals surface area contributed by atoms with Crippen LogP contribution < -0.4 is 0 Å². The summed E-state index contributed by atoms with van der Waals surface area (Å²) in [5.74, 6) is -0.104. The number of carbonyl (C=O) groups excluding carboxylic acids is 1. The monoisotopic (exact) mass is 307 g/mol. The highest BCUT2D eigenvalue weighted by atomic mass is 16.4. The van der Waals surface area contributed by atoms with Crippen LogP contribution >= 0.6 is 0 Å². The minimum absolute atomic E-state index is 0.0131. The highest BCUT2D eigenvalue weighted by molar-refractivity contribution is 5.79. The number of carboxylic acids is 1. The zero-order valence-corrected chi connectivity index (χ0v) is 13.5. The smallest absolute Gasteiger partial charge is 0.306 e. The lowest BCUT2D eigenvalue weighted by Crippen LogP contribution is -2.41. The summed E-state index contributed by atoms with van der Waals surface area (Å²) in [5, 5.41) is 9.06. The molecule has 0 aromatic carbocycles. The Hall–Kier alpha value is -1.32. The molecule has 2 aliphatic carbocycles. The molecule has 1 amide bonds. The fraction of sp³-hybridized carbons (Fsp3) is 0.778. The molecular formula is C18H29NO3. The molecule has 0 aliphatic heterocycles. The van der Waals surface area contributed by atoms with Crippen molar-refractivity contribution in [2.75, 3.05) is 13.1 Å². The Labute approximate surface area is 133 Å². The van der Waals surface area contributed by atoms with Crippen LogP contribution in [0, 0.1) is 17.8 Å². The van der Waals surface area contributed by atoms with Crippen LogP contribution in [0.25, 0.3) is 0 Å². The van der Waals surface area contributed by atoms with Gasteiger partial charge in [-0.15, -0.1) is 6.58 Å². The predicted molar refractivity (Wildman–Crippen MR) is 86.4 cm³/mol. The first kappa shape index (κ1) is 17.0. The van der Waals surface area contributed by atoms with Crippen molar-refractivity contribution < 1.29 is 14.7 Å². The van der Waals surface area contributed by atoms with E-state index in [0.717, 1.165) is 6.54 Å². The molecule has 4 nitrogen and oxygen atoms in total. The van der Waals surface area contributed by atoms with Gasteiger partial charge < -0.3 is 10.0 Å². The van der Waals surface area contributed by atoms with Crippen LogP contribution in [0.1, 0.15) is 57.8 Å². The van der Waals surface area contributed by atoms with E-state index in [4.69, 9.17) is 5.11 Å². The molecule has 0 unspecified atom stereocenters. The normalized spacial score (nSPS) is 26.4. The topological polar surface area (TPSA) is 57.6 Å². The zero-order chi connectivity index (χ0) is 15.9. The van der Waals surface area contributed by atoms with Crippen molar-refractivity contribution in [2.45, 2.75) is 57.8 Å². The van der Waals surface area contributed by atoms with Gasteiger partial charge in [0.25, 0.3) is 0 Å². The van der Waals surface area contributed by atoms with E-state index in [1.54, 1.807) is 0 Å². The number of carbonyl (C=O) groups is 2. The molecule has 124 valence electrons. The van der Waals surface area contributed by atoms with Crippen molar-refractivity contribution in [3.63, 3.8) is 0 Å². The van der Waals surface area contributed by atoms with Crippen LogP contribution in [0.3, 0.4) is 0 Å². The lowest BCUT2D eigenvalue weighted by molar-refractivity contribution is -0.145. The summed E-state index contributed by atoms with van der Waals surface area (Å²) in [4.78, 5) is 25.8. The highest BCUT2D eigenvalue weighted by Crippen LogP contribution is 2.31. The molecule has 2 rings (SSSR count). The van der Waals surface area contributed by atoms with Gasteiger partial charge in [0, 0.05) is 19.0 Å². The van der Waals surface area contributed by atoms with Crippen LogP contribution in [0.15, 0.2) is 12.7 Å². The summed E-state index contributed by atoms with van der Waals surface area (Å²) >= 11 is 0. The van der Waals surface area contributed by atoms with Gasteiger partial charge in [-0.2, -0.15) is 0 Å². The van der Waals surface area contributed by atoms with Gasteiger partial charge in [-0.1, -0.05) is 25.3 Å². The Kier molecular flexibility index (Phi) is 6.47. The van der Waals surface area contributed by atoms with Crippen LogP contribution in [0.5, 0.6) is 0 Å². The summed E-state index contributed by atoms with van der Waals surface area (Å²) < 4.78 is 0. The number of hydrogen-bond acceptors (Lipinski definition) is 2. The molecule has 2 fully saturated rings. The van der Waals surface area contributed by atoms with Gasteiger partial charge in [0.15, 0.2) is 0 Å². The van der Waals surface area contributed by atoms with E-state index in [1.807, 2.05) is 11.0 Å². The molecule has 2 saturated carbocycles. The van der Waals surface area contributed by atoms with E-state index < -0.39 is 5.97 Å². The Morgan fingerprint density at radius 2 is 1.59 bits per heavy atom. The summed E-state index contributed by atoms with van der Waals surface area (Å²) in [5.41, 5.74) is 0. The summed E-state index contributed by atoms with van der Waals surface area (Å²) in [6.07, 6.45) is 10.9. The fourth-order valence-electron chi connectivity index (χ4n) is 3.94. The van der Waals surface area contributed by atoms with E-state index >= 15 is 0 Å². The molecule has 0 heterocycles. The molecule has 4 heteroatoms. The number of carboxylic acid groups (broad SMARTS) is 1. The van der Waals surface area contributed by atoms with Gasteiger partial charge >= 0.3 is 5.97 Å². The third-order valence-electron chi connectivity index (χ3n) is 5.29. The number of aliphatic carboxylic acids is 1. The zero-order valence-electron chi connectivity index (χ0n) is 13.5. The second kappa shape index (κ2) is 8.35. The largest absolute Gasteiger partial charge is 0.481 e. The van der Waals surface area contributed by atoms with Gasteiger partial charge in [-0.25, -0.2) is 0 Å². The minimum Gasteiger partial charge on any atom is -0.481 e. The average molecular weight is 307 g/mol. The maximum absolute atomic E-state index is 12.8. The number of amides is 1. The molecule has 1 N–H and O–H groups in total. The van der Waals surface area contributed by atoms with Crippen molar-refractivity contribution in [1.82, 2.24) is 4.90 Å². The molecule has 0 atom stereocenters. The van der Waals surface area contributed by atoms with Crippen molar-refractivity contribution >= 4 is 11.9 Å². The number of nitrogens with zero attached hydrogens (tertiary/aromatic N) is 1. The van der Waals surface area contributed by atoms with E-state index in [-0.39, 0.29) is 17.7 Å². The average Bonchev–Trinajstić information content (AvgIpc) is 2.55. The van der Waals surface area contributed by atoms with Crippen molar-refractivity contribution in [3.05, 3.63) is 12.7 Å². The van der Waals surface area contributed by atoms with Gasteiger partial charge in [-0.3, -0.25) is 9.59 Å². The van der Waals surface area contributed by atoms with Crippen molar-refractivity contribution in [3.8, 4) is 0 Å². The molecule has 0 bridgehead atoms. The SMILES string of the molecule is C=CCN(CC1CCCCC1)C(=O)C1CCC(C(=O)O)CC1. The fourth-order valence-corrected chi connectivity index (χ4v) is 3.94. The summed E-state index contributed by atoms with van der Waals surface area (Å²) in [6, 6.07) is 0. The Balaban J connectivity index is 1.88. The Morgan fingerprint density at radius 3 is 2.14 bits per heavy atom.